The van der Waals surface area contributed by atoms with Gasteiger partial charge in [0.25, 0.3) is 11.8 Å². The number of fused-ring (bicyclic) bond motifs is 1. The number of amides is 2. The van der Waals surface area contributed by atoms with E-state index in [0.29, 0.717) is 29.5 Å². The van der Waals surface area contributed by atoms with E-state index in [9.17, 15) is 9.59 Å². The molecule has 2 aliphatic rings. The van der Waals surface area contributed by atoms with Crippen LogP contribution in [-0.2, 0) is 0 Å². The summed E-state index contributed by atoms with van der Waals surface area (Å²) in [5.41, 5.74) is 3.00. The van der Waals surface area contributed by atoms with E-state index in [0.717, 1.165) is 30.6 Å². The summed E-state index contributed by atoms with van der Waals surface area (Å²) in [4.78, 5) is 26.7. The monoisotopic (exact) mass is 286 g/mol. The van der Waals surface area contributed by atoms with Crippen molar-refractivity contribution >= 4 is 11.8 Å². The van der Waals surface area contributed by atoms with Crippen LogP contribution in [0.5, 0.6) is 0 Å². The molecule has 2 atom stereocenters. The normalized spacial score (nSPS) is 25.4. The second kappa shape index (κ2) is 5.26. The van der Waals surface area contributed by atoms with Crippen molar-refractivity contribution < 1.29 is 9.59 Å². The molecule has 0 spiro atoms. The number of nitrogens with zero attached hydrogens (tertiary/aromatic N) is 1. The van der Waals surface area contributed by atoms with Crippen LogP contribution in [0.25, 0.3) is 0 Å². The van der Waals surface area contributed by atoms with Gasteiger partial charge in [0.15, 0.2) is 0 Å². The van der Waals surface area contributed by atoms with Crippen LogP contribution in [0, 0.1) is 25.7 Å². The van der Waals surface area contributed by atoms with Gasteiger partial charge in [-0.3, -0.25) is 14.5 Å². The molecule has 1 aromatic rings. The number of carbonyl (C=O) groups excluding carboxylic acids is 2. The highest BCUT2D eigenvalue weighted by molar-refractivity contribution is 6.22. The largest absolute Gasteiger partial charge is 0.316 e. The van der Waals surface area contributed by atoms with Crippen molar-refractivity contribution in [1.82, 2.24) is 10.2 Å². The zero-order valence-electron chi connectivity index (χ0n) is 12.9. The van der Waals surface area contributed by atoms with E-state index in [1.54, 1.807) is 0 Å². The minimum atomic E-state index is -0.117. The van der Waals surface area contributed by atoms with Crippen LogP contribution in [0.2, 0.25) is 0 Å². The number of rotatable bonds is 2. The molecular weight excluding hydrogens is 264 g/mol. The highest BCUT2D eigenvalue weighted by Crippen LogP contribution is 2.30. The number of imide groups is 1. The van der Waals surface area contributed by atoms with Gasteiger partial charge in [0, 0.05) is 6.54 Å². The predicted molar refractivity (Wildman–Crippen MR) is 81.4 cm³/mol. The standard InChI is InChI=1S/C17H22N2O2/c1-10-6-7-18-8-13(10)9-19-16(20)14-11(2)4-5-12(3)15(14)17(19)21/h4-5,10,13,18H,6-9H2,1-3H3. The maximum absolute atomic E-state index is 12.6. The number of aryl methyl sites for hydroxylation is 2. The lowest BCUT2D eigenvalue weighted by atomic mass is 9.87. The van der Waals surface area contributed by atoms with Gasteiger partial charge in [-0.25, -0.2) is 0 Å². The second-order valence-corrected chi connectivity index (χ2v) is 6.40. The Morgan fingerprint density at radius 3 is 2.24 bits per heavy atom. The first-order chi connectivity index (χ1) is 10.0. The molecule has 2 aliphatic heterocycles. The van der Waals surface area contributed by atoms with Crippen molar-refractivity contribution in [3.05, 3.63) is 34.4 Å². The number of benzene rings is 1. The van der Waals surface area contributed by atoms with Crippen LogP contribution in [0.1, 0.15) is 45.2 Å². The fraction of sp³-hybridized carbons (Fsp3) is 0.529. The summed E-state index contributed by atoms with van der Waals surface area (Å²) >= 11 is 0. The van der Waals surface area contributed by atoms with Gasteiger partial charge in [0.05, 0.1) is 11.1 Å². The lowest BCUT2D eigenvalue weighted by Crippen LogP contribution is -2.44. The second-order valence-electron chi connectivity index (χ2n) is 6.40. The molecule has 1 fully saturated rings. The van der Waals surface area contributed by atoms with Gasteiger partial charge in [-0.1, -0.05) is 19.1 Å². The Kier molecular flexibility index (Phi) is 3.57. The van der Waals surface area contributed by atoms with E-state index < -0.39 is 0 Å². The fourth-order valence-electron chi connectivity index (χ4n) is 3.42. The Morgan fingerprint density at radius 1 is 1.14 bits per heavy atom. The SMILES string of the molecule is Cc1ccc(C)c2c1C(=O)N(CC1CNCCC1C)C2=O. The Labute approximate surface area is 125 Å². The average molecular weight is 286 g/mol. The molecule has 0 aromatic heterocycles. The molecule has 1 aromatic carbocycles. The first-order valence-electron chi connectivity index (χ1n) is 7.67. The van der Waals surface area contributed by atoms with Crippen LogP contribution in [0.15, 0.2) is 12.1 Å². The summed E-state index contributed by atoms with van der Waals surface area (Å²) in [6, 6.07) is 3.85. The van der Waals surface area contributed by atoms with Gasteiger partial charge in [-0.2, -0.15) is 0 Å². The molecule has 21 heavy (non-hydrogen) atoms. The smallest absolute Gasteiger partial charge is 0.261 e. The van der Waals surface area contributed by atoms with E-state index in [4.69, 9.17) is 0 Å². The lowest BCUT2D eigenvalue weighted by Gasteiger charge is -2.32. The molecular formula is C17H22N2O2. The molecule has 4 heteroatoms. The minimum Gasteiger partial charge on any atom is -0.316 e. The van der Waals surface area contributed by atoms with E-state index in [-0.39, 0.29) is 11.8 Å². The Balaban J connectivity index is 1.89. The first-order valence-corrected chi connectivity index (χ1v) is 7.67. The maximum Gasteiger partial charge on any atom is 0.261 e. The highest BCUT2D eigenvalue weighted by Gasteiger charge is 2.39. The third-order valence-electron chi connectivity index (χ3n) is 4.94. The Bertz CT molecular complexity index is 568. The molecule has 0 saturated carbocycles. The van der Waals surface area contributed by atoms with Gasteiger partial charge < -0.3 is 5.32 Å². The first kappa shape index (κ1) is 14.3. The van der Waals surface area contributed by atoms with Crippen molar-refractivity contribution in [2.45, 2.75) is 27.2 Å². The molecule has 1 saturated heterocycles. The molecule has 1 N–H and O–H groups in total. The molecule has 4 nitrogen and oxygen atoms in total. The van der Waals surface area contributed by atoms with E-state index in [2.05, 4.69) is 12.2 Å². The zero-order valence-corrected chi connectivity index (χ0v) is 12.9. The van der Waals surface area contributed by atoms with Crippen molar-refractivity contribution in [3.63, 3.8) is 0 Å². The van der Waals surface area contributed by atoms with Gasteiger partial charge in [-0.05, 0) is 56.3 Å². The van der Waals surface area contributed by atoms with Crippen LogP contribution in [0.4, 0.5) is 0 Å². The molecule has 0 radical (unpaired) electrons. The summed E-state index contributed by atoms with van der Waals surface area (Å²) in [5, 5.41) is 3.36. The topological polar surface area (TPSA) is 49.4 Å². The number of nitrogens with one attached hydrogen (secondary N) is 1. The lowest BCUT2D eigenvalue weighted by molar-refractivity contribution is 0.0601. The van der Waals surface area contributed by atoms with Gasteiger partial charge in [0.2, 0.25) is 0 Å². The van der Waals surface area contributed by atoms with Crippen molar-refractivity contribution in [2.24, 2.45) is 11.8 Å². The van der Waals surface area contributed by atoms with Crippen molar-refractivity contribution in [3.8, 4) is 0 Å². The maximum atomic E-state index is 12.6. The number of carbonyl (C=O) groups is 2. The summed E-state index contributed by atoms with van der Waals surface area (Å²) in [6.45, 7) is 8.44. The van der Waals surface area contributed by atoms with Gasteiger partial charge in [-0.15, -0.1) is 0 Å². The van der Waals surface area contributed by atoms with E-state index in [1.165, 1.54) is 4.90 Å². The molecule has 0 bridgehead atoms. The van der Waals surface area contributed by atoms with Crippen LogP contribution in [0.3, 0.4) is 0 Å². The van der Waals surface area contributed by atoms with Crippen LogP contribution >= 0.6 is 0 Å². The van der Waals surface area contributed by atoms with Crippen molar-refractivity contribution in [2.75, 3.05) is 19.6 Å². The number of hydrogen-bond acceptors (Lipinski definition) is 3. The molecule has 2 amide bonds. The summed E-state index contributed by atoms with van der Waals surface area (Å²) in [6.07, 6.45) is 1.10. The third kappa shape index (κ3) is 2.27. The highest BCUT2D eigenvalue weighted by atomic mass is 16.2. The van der Waals surface area contributed by atoms with Crippen LogP contribution < -0.4 is 5.32 Å². The van der Waals surface area contributed by atoms with E-state index >= 15 is 0 Å². The fourth-order valence-corrected chi connectivity index (χ4v) is 3.42. The molecule has 2 heterocycles. The summed E-state index contributed by atoms with van der Waals surface area (Å²) < 4.78 is 0. The third-order valence-corrected chi connectivity index (χ3v) is 4.94. The van der Waals surface area contributed by atoms with Gasteiger partial charge in [0.1, 0.15) is 0 Å². The Morgan fingerprint density at radius 2 is 1.71 bits per heavy atom. The molecule has 112 valence electrons. The molecule has 0 aliphatic carbocycles. The number of hydrogen-bond donors (Lipinski definition) is 1. The predicted octanol–water partition coefficient (Wildman–Crippen LogP) is 2.15. The van der Waals surface area contributed by atoms with Gasteiger partial charge >= 0.3 is 0 Å². The number of piperidine rings is 1. The minimum absolute atomic E-state index is 0.117. The van der Waals surface area contributed by atoms with Crippen LogP contribution in [-0.4, -0.2) is 36.3 Å². The molecule has 3 rings (SSSR count). The Hall–Kier alpha value is -1.68. The van der Waals surface area contributed by atoms with Crippen molar-refractivity contribution in [1.29, 1.82) is 0 Å². The summed E-state index contributed by atoms with van der Waals surface area (Å²) in [7, 11) is 0. The quantitative estimate of drug-likeness (QED) is 0.848. The zero-order chi connectivity index (χ0) is 15.1. The van der Waals surface area contributed by atoms with E-state index in [1.807, 2.05) is 26.0 Å². The molecule has 2 unspecified atom stereocenters. The summed E-state index contributed by atoms with van der Waals surface area (Å²) in [5.74, 6) is 0.655. The average Bonchev–Trinajstić information content (AvgIpc) is 2.71.